The van der Waals surface area contributed by atoms with Crippen LogP contribution in [0.3, 0.4) is 0 Å². The highest BCUT2D eigenvalue weighted by Crippen LogP contribution is 2.30. The number of hydrogen-bond acceptors (Lipinski definition) is 2. The molecule has 0 aliphatic carbocycles. The van der Waals surface area contributed by atoms with Crippen LogP contribution in [0.2, 0.25) is 0 Å². The van der Waals surface area contributed by atoms with E-state index in [-0.39, 0.29) is 31.0 Å². The summed E-state index contributed by atoms with van der Waals surface area (Å²) < 4.78 is 51.4. The molecule has 2 aromatic rings. The second-order valence-corrected chi connectivity index (χ2v) is 5.83. The van der Waals surface area contributed by atoms with E-state index in [1.54, 1.807) is 6.07 Å². The fourth-order valence-electron chi connectivity index (χ4n) is 2.48. The van der Waals surface area contributed by atoms with Crippen molar-refractivity contribution in [3.63, 3.8) is 0 Å². The lowest BCUT2D eigenvalue weighted by atomic mass is 10.1. The Kier molecular flexibility index (Phi) is 6.55. The molecule has 144 valence electrons. The molecular weight excluding hydrogens is 364 g/mol. The highest BCUT2D eigenvalue weighted by atomic mass is 19.4. The van der Waals surface area contributed by atoms with Gasteiger partial charge in [0.2, 0.25) is 11.8 Å². The molecular formula is C19H18F4N2O2. The Balaban J connectivity index is 1.94. The Morgan fingerprint density at radius 3 is 2.22 bits per heavy atom. The summed E-state index contributed by atoms with van der Waals surface area (Å²) in [4.78, 5) is 24.9. The number of nitrogens with one attached hydrogen (secondary N) is 1. The van der Waals surface area contributed by atoms with E-state index in [1.807, 2.05) is 0 Å². The van der Waals surface area contributed by atoms with E-state index in [9.17, 15) is 27.2 Å². The van der Waals surface area contributed by atoms with Crippen molar-refractivity contribution < 1.29 is 27.2 Å². The van der Waals surface area contributed by atoms with Crippen LogP contribution in [-0.2, 0) is 22.2 Å². The molecule has 0 atom stereocenters. The maximum absolute atomic E-state index is 13.5. The van der Waals surface area contributed by atoms with Gasteiger partial charge in [0.15, 0.2) is 0 Å². The second kappa shape index (κ2) is 8.66. The predicted octanol–water partition coefficient (Wildman–Crippen LogP) is 3.56. The fraction of sp³-hybridized carbons (Fsp3) is 0.263. The van der Waals surface area contributed by atoms with Crippen molar-refractivity contribution in [2.45, 2.75) is 19.5 Å². The molecule has 0 aromatic heterocycles. The molecule has 0 radical (unpaired) electrons. The summed E-state index contributed by atoms with van der Waals surface area (Å²) in [6.45, 7) is 1.43. The van der Waals surface area contributed by atoms with Gasteiger partial charge in [-0.3, -0.25) is 9.59 Å². The lowest BCUT2D eigenvalue weighted by Crippen LogP contribution is -2.38. The monoisotopic (exact) mass is 382 g/mol. The number of rotatable bonds is 6. The van der Waals surface area contributed by atoms with E-state index in [0.717, 1.165) is 12.1 Å². The van der Waals surface area contributed by atoms with Crippen LogP contribution in [-0.4, -0.2) is 24.9 Å². The molecule has 27 heavy (non-hydrogen) atoms. The summed E-state index contributed by atoms with van der Waals surface area (Å²) in [6.07, 6.45) is -4.60. The van der Waals surface area contributed by atoms with Gasteiger partial charge >= 0.3 is 6.18 Å². The molecule has 4 nitrogen and oxygen atoms in total. The lowest BCUT2D eigenvalue weighted by Gasteiger charge is -2.22. The minimum absolute atomic E-state index is 0.0731. The molecule has 0 bridgehead atoms. The van der Waals surface area contributed by atoms with Crippen LogP contribution in [0.1, 0.15) is 18.1 Å². The summed E-state index contributed by atoms with van der Waals surface area (Å²) >= 11 is 0. The van der Waals surface area contributed by atoms with E-state index in [0.29, 0.717) is 5.69 Å². The number of halogens is 4. The van der Waals surface area contributed by atoms with Crippen LogP contribution in [0.5, 0.6) is 0 Å². The molecule has 2 amide bonds. The first-order valence-electron chi connectivity index (χ1n) is 8.14. The average molecular weight is 382 g/mol. The summed E-state index contributed by atoms with van der Waals surface area (Å²) in [5.74, 6) is -1.28. The third kappa shape index (κ3) is 5.80. The van der Waals surface area contributed by atoms with E-state index < -0.39 is 23.5 Å². The Morgan fingerprint density at radius 1 is 1.04 bits per heavy atom. The molecule has 0 aliphatic rings. The van der Waals surface area contributed by atoms with E-state index >= 15 is 0 Å². The van der Waals surface area contributed by atoms with Crippen LogP contribution >= 0.6 is 0 Å². The number of anilines is 1. The van der Waals surface area contributed by atoms with Gasteiger partial charge in [0.25, 0.3) is 0 Å². The van der Waals surface area contributed by atoms with Crippen LogP contribution in [0.25, 0.3) is 0 Å². The first kappa shape index (κ1) is 20.4. The van der Waals surface area contributed by atoms with Gasteiger partial charge in [0.05, 0.1) is 12.0 Å². The number of carbonyl (C=O) groups excluding carboxylic acids is 2. The number of nitrogens with zero attached hydrogens (tertiary/aromatic N) is 1. The normalized spacial score (nSPS) is 11.1. The van der Waals surface area contributed by atoms with E-state index in [4.69, 9.17) is 0 Å². The fourth-order valence-corrected chi connectivity index (χ4v) is 2.48. The Hall–Kier alpha value is -2.90. The first-order valence-corrected chi connectivity index (χ1v) is 8.14. The summed E-state index contributed by atoms with van der Waals surface area (Å²) in [5.41, 5.74) is -0.270. The van der Waals surface area contributed by atoms with Crippen molar-refractivity contribution in [1.29, 1.82) is 0 Å². The molecule has 1 N–H and O–H groups in total. The highest BCUT2D eigenvalue weighted by Gasteiger charge is 2.30. The number of alkyl halides is 3. The number of benzene rings is 2. The Labute approximate surface area is 153 Å². The largest absolute Gasteiger partial charge is 0.416 e. The van der Waals surface area contributed by atoms with E-state index in [1.165, 1.54) is 42.2 Å². The molecule has 8 heteroatoms. The van der Waals surface area contributed by atoms with Crippen molar-refractivity contribution >= 4 is 17.5 Å². The molecule has 0 heterocycles. The zero-order valence-corrected chi connectivity index (χ0v) is 14.5. The van der Waals surface area contributed by atoms with Crippen molar-refractivity contribution in [1.82, 2.24) is 5.32 Å². The predicted molar refractivity (Wildman–Crippen MR) is 92.6 cm³/mol. The van der Waals surface area contributed by atoms with Crippen molar-refractivity contribution in [3.05, 3.63) is 65.5 Å². The van der Waals surface area contributed by atoms with Gasteiger partial charge in [-0.05, 0) is 35.9 Å². The third-order valence-corrected chi connectivity index (χ3v) is 3.85. The zero-order chi connectivity index (χ0) is 20.0. The van der Waals surface area contributed by atoms with Crippen LogP contribution in [0, 0.1) is 5.82 Å². The molecule has 0 saturated heterocycles. The van der Waals surface area contributed by atoms with Crippen molar-refractivity contribution in [3.8, 4) is 0 Å². The summed E-state index contributed by atoms with van der Waals surface area (Å²) in [7, 11) is 0. The second-order valence-electron chi connectivity index (χ2n) is 5.83. The number of amides is 2. The van der Waals surface area contributed by atoms with Crippen LogP contribution in [0.15, 0.2) is 48.5 Å². The molecule has 0 unspecified atom stereocenters. The average Bonchev–Trinajstić information content (AvgIpc) is 2.60. The third-order valence-electron chi connectivity index (χ3n) is 3.85. The summed E-state index contributed by atoms with van der Waals surface area (Å²) in [6, 6.07) is 10.1. The number of carbonyl (C=O) groups is 2. The zero-order valence-electron chi connectivity index (χ0n) is 14.5. The van der Waals surface area contributed by atoms with Gasteiger partial charge in [0.1, 0.15) is 5.82 Å². The SMILES string of the molecule is CC(=O)N(CCNC(=O)Cc1ccccc1F)c1ccc(C(F)(F)F)cc1. The molecule has 0 aliphatic heterocycles. The van der Waals surface area contributed by atoms with Gasteiger partial charge in [-0.1, -0.05) is 18.2 Å². The van der Waals surface area contributed by atoms with Crippen LogP contribution in [0.4, 0.5) is 23.2 Å². The molecule has 0 spiro atoms. The van der Waals surface area contributed by atoms with Crippen LogP contribution < -0.4 is 10.2 Å². The van der Waals surface area contributed by atoms with Gasteiger partial charge in [-0.2, -0.15) is 13.2 Å². The molecule has 0 fully saturated rings. The summed E-state index contributed by atoms with van der Waals surface area (Å²) in [5, 5.41) is 2.57. The minimum Gasteiger partial charge on any atom is -0.354 e. The highest BCUT2D eigenvalue weighted by molar-refractivity contribution is 5.91. The maximum atomic E-state index is 13.5. The van der Waals surface area contributed by atoms with Gasteiger partial charge in [-0.25, -0.2) is 4.39 Å². The van der Waals surface area contributed by atoms with Gasteiger partial charge < -0.3 is 10.2 Å². The van der Waals surface area contributed by atoms with E-state index in [2.05, 4.69) is 5.32 Å². The smallest absolute Gasteiger partial charge is 0.354 e. The standard InChI is InChI=1S/C19H18F4N2O2/c1-13(26)25(16-8-6-15(7-9-16)19(21,22)23)11-10-24-18(27)12-14-4-2-3-5-17(14)20/h2-9H,10-12H2,1H3,(H,24,27). The van der Waals surface area contributed by atoms with Gasteiger partial charge in [0, 0.05) is 25.7 Å². The molecule has 2 rings (SSSR count). The maximum Gasteiger partial charge on any atom is 0.416 e. The van der Waals surface area contributed by atoms with Crippen molar-refractivity contribution in [2.75, 3.05) is 18.0 Å². The quantitative estimate of drug-likeness (QED) is 0.777. The Bertz CT molecular complexity index is 804. The van der Waals surface area contributed by atoms with Gasteiger partial charge in [-0.15, -0.1) is 0 Å². The topological polar surface area (TPSA) is 49.4 Å². The molecule has 0 saturated carbocycles. The molecule has 2 aromatic carbocycles. The first-order chi connectivity index (χ1) is 12.7. The van der Waals surface area contributed by atoms with Crippen molar-refractivity contribution in [2.24, 2.45) is 0 Å². The minimum atomic E-state index is -4.46. The lowest BCUT2D eigenvalue weighted by molar-refractivity contribution is -0.137. The number of hydrogen-bond donors (Lipinski definition) is 1. The Morgan fingerprint density at radius 2 is 1.67 bits per heavy atom.